The van der Waals surface area contributed by atoms with Crippen molar-refractivity contribution in [3.8, 4) is 11.5 Å². The molecule has 2 fully saturated rings. The Morgan fingerprint density at radius 3 is 3.00 bits per heavy atom. The number of ether oxygens (including phenoxy) is 2. The minimum Gasteiger partial charge on any atom is -0.503 e. The molecule has 1 aliphatic carbocycles. The Hall–Kier alpha value is -0.780. The molecule has 4 nitrogen and oxygen atoms in total. The molecule has 1 heterocycles. The van der Waals surface area contributed by atoms with Crippen LogP contribution in [0.4, 0.5) is 0 Å². The number of hydrogen-bond acceptors (Lipinski definition) is 4. The Labute approximate surface area is 134 Å². The van der Waals surface area contributed by atoms with E-state index in [9.17, 15) is 5.11 Å². The average Bonchev–Trinajstić information content (AvgIpc) is 2.51. The van der Waals surface area contributed by atoms with Crippen LogP contribution in [0.2, 0.25) is 0 Å². The first-order valence-corrected chi connectivity index (χ1v) is 8.39. The maximum absolute atomic E-state index is 9.91. The van der Waals surface area contributed by atoms with E-state index in [-0.39, 0.29) is 5.75 Å². The van der Waals surface area contributed by atoms with Gasteiger partial charge in [0.1, 0.15) is 0 Å². The SMILES string of the molecule is COc1cc(CN2CCOC3CCCCC32)cc(Br)c1O. The molecule has 0 aromatic heterocycles. The lowest BCUT2D eigenvalue weighted by Gasteiger charge is -2.44. The summed E-state index contributed by atoms with van der Waals surface area (Å²) in [7, 11) is 1.58. The average molecular weight is 356 g/mol. The molecule has 2 atom stereocenters. The topological polar surface area (TPSA) is 41.9 Å². The number of nitrogens with zero attached hydrogens (tertiary/aromatic N) is 1. The Kier molecular flexibility index (Phi) is 4.72. The smallest absolute Gasteiger partial charge is 0.172 e. The summed E-state index contributed by atoms with van der Waals surface area (Å²) in [6.07, 6.45) is 5.39. The summed E-state index contributed by atoms with van der Waals surface area (Å²) in [6, 6.07) is 4.43. The molecule has 1 saturated carbocycles. The molecular formula is C16H22BrNO3. The van der Waals surface area contributed by atoms with Crippen molar-refractivity contribution in [3.63, 3.8) is 0 Å². The summed E-state index contributed by atoms with van der Waals surface area (Å²) in [4.78, 5) is 2.52. The first kappa shape index (κ1) is 15.1. The van der Waals surface area contributed by atoms with Crippen LogP contribution in [-0.2, 0) is 11.3 Å². The van der Waals surface area contributed by atoms with Crippen LogP contribution in [0, 0.1) is 0 Å². The molecule has 3 rings (SSSR count). The van der Waals surface area contributed by atoms with Gasteiger partial charge in [-0.2, -0.15) is 0 Å². The van der Waals surface area contributed by atoms with Gasteiger partial charge in [-0.1, -0.05) is 12.8 Å². The van der Waals surface area contributed by atoms with E-state index in [0.717, 1.165) is 25.3 Å². The molecule has 2 aliphatic rings. The van der Waals surface area contributed by atoms with E-state index in [1.54, 1.807) is 7.11 Å². The molecule has 1 aliphatic heterocycles. The molecule has 1 aromatic carbocycles. The van der Waals surface area contributed by atoms with Crippen LogP contribution < -0.4 is 4.74 Å². The van der Waals surface area contributed by atoms with E-state index >= 15 is 0 Å². The molecule has 116 valence electrons. The molecule has 1 saturated heterocycles. The number of hydrogen-bond donors (Lipinski definition) is 1. The normalized spacial score (nSPS) is 26.4. The van der Waals surface area contributed by atoms with Crippen LogP contribution in [0.1, 0.15) is 31.2 Å². The van der Waals surface area contributed by atoms with Gasteiger partial charge in [0.05, 0.1) is 24.3 Å². The molecule has 0 bridgehead atoms. The van der Waals surface area contributed by atoms with Crippen molar-refractivity contribution < 1.29 is 14.6 Å². The fraction of sp³-hybridized carbons (Fsp3) is 0.625. The summed E-state index contributed by atoms with van der Waals surface area (Å²) in [5, 5.41) is 9.91. The van der Waals surface area contributed by atoms with Crippen molar-refractivity contribution in [3.05, 3.63) is 22.2 Å². The third-order valence-electron chi connectivity index (χ3n) is 4.54. The summed E-state index contributed by atoms with van der Waals surface area (Å²) in [6.45, 7) is 2.67. The van der Waals surface area contributed by atoms with Crippen molar-refractivity contribution >= 4 is 15.9 Å². The van der Waals surface area contributed by atoms with Gasteiger partial charge in [0.2, 0.25) is 0 Å². The third kappa shape index (κ3) is 3.20. The highest BCUT2D eigenvalue weighted by molar-refractivity contribution is 9.10. The summed E-state index contributed by atoms with van der Waals surface area (Å²) < 4.78 is 11.8. The number of methoxy groups -OCH3 is 1. The molecule has 1 N–H and O–H groups in total. The standard InChI is InChI=1S/C16H22BrNO3/c1-20-15-9-11(8-12(17)16(15)19)10-18-6-7-21-14-5-3-2-4-13(14)18/h8-9,13-14,19H,2-7,10H2,1H3. The van der Waals surface area contributed by atoms with E-state index in [0.29, 0.717) is 22.4 Å². The van der Waals surface area contributed by atoms with Gasteiger partial charge in [-0.3, -0.25) is 4.90 Å². The molecule has 0 spiro atoms. The van der Waals surface area contributed by atoms with E-state index in [1.807, 2.05) is 12.1 Å². The van der Waals surface area contributed by atoms with Gasteiger partial charge < -0.3 is 14.6 Å². The van der Waals surface area contributed by atoms with Gasteiger partial charge in [0.15, 0.2) is 11.5 Å². The highest BCUT2D eigenvalue weighted by atomic mass is 79.9. The molecule has 21 heavy (non-hydrogen) atoms. The van der Waals surface area contributed by atoms with Crippen molar-refractivity contribution in [2.45, 2.75) is 44.4 Å². The molecule has 2 unspecified atom stereocenters. The Bertz CT molecular complexity index is 507. The highest BCUT2D eigenvalue weighted by Gasteiger charge is 2.34. The Morgan fingerprint density at radius 1 is 1.38 bits per heavy atom. The number of halogens is 1. The number of rotatable bonds is 3. The fourth-order valence-electron chi connectivity index (χ4n) is 3.48. The van der Waals surface area contributed by atoms with Crippen LogP contribution in [0.5, 0.6) is 11.5 Å². The molecule has 1 aromatic rings. The van der Waals surface area contributed by atoms with E-state index < -0.39 is 0 Å². The fourth-order valence-corrected chi connectivity index (χ4v) is 3.97. The summed E-state index contributed by atoms with van der Waals surface area (Å²) in [5.74, 6) is 0.687. The first-order chi connectivity index (χ1) is 10.2. The second-order valence-corrected chi connectivity index (χ2v) is 6.71. The second-order valence-electron chi connectivity index (χ2n) is 5.86. The molecular weight excluding hydrogens is 334 g/mol. The van der Waals surface area contributed by atoms with Crippen LogP contribution in [0.3, 0.4) is 0 Å². The van der Waals surface area contributed by atoms with Gasteiger partial charge in [-0.15, -0.1) is 0 Å². The lowest BCUT2D eigenvalue weighted by atomic mass is 9.90. The number of benzene rings is 1. The zero-order valence-corrected chi connectivity index (χ0v) is 13.9. The highest BCUT2D eigenvalue weighted by Crippen LogP contribution is 2.36. The van der Waals surface area contributed by atoms with Gasteiger partial charge >= 0.3 is 0 Å². The van der Waals surface area contributed by atoms with Crippen molar-refractivity contribution in [2.24, 2.45) is 0 Å². The lowest BCUT2D eigenvalue weighted by Crippen LogP contribution is -2.52. The quantitative estimate of drug-likeness (QED) is 0.902. The van der Waals surface area contributed by atoms with Crippen molar-refractivity contribution in [2.75, 3.05) is 20.3 Å². The molecule has 0 radical (unpaired) electrons. The van der Waals surface area contributed by atoms with Crippen molar-refractivity contribution in [1.82, 2.24) is 4.90 Å². The number of morpholine rings is 1. The number of phenols is 1. The maximum Gasteiger partial charge on any atom is 0.172 e. The summed E-state index contributed by atoms with van der Waals surface area (Å²) in [5.41, 5.74) is 1.16. The number of fused-ring (bicyclic) bond motifs is 1. The lowest BCUT2D eigenvalue weighted by molar-refractivity contribution is -0.0911. The predicted molar refractivity (Wildman–Crippen MR) is 84.8 cm³/mol. The van der Waals surface area contributed by atoms with Crippen LogP contribution in [-0.4, -0.2) is 42.4 Å². The first-order valence-electron chi connectivity index (χ1n) is 7.60. The maximum atomic E-state index is 9.91. The molecule has 0 amide bonds. The van der Waals surface area contributed by atoms with Crippen molar-refractivity contribution in [1.29, 1.82) is 0 Å². The van der Waals surface area contributed by atoms with E-state index in [1.165, 1.54) is 25.7 Å². The van der Waals surface area contributed by atoms with Gasteiger partial charge in [-0.05, 0) is 46.5 Å². The number of aromatic hydroxyl groups is 1. The monoisotopic (exact) mass is 355 g/mol. The van der Waals surface area contributed by atoms with Crippen LogP contribution in [0.15, 0.2) is 16.6 Å². The van der Waals surface area contributed by atoms with E-state index in [4.69, 9.17) is 9.47 Å². The number of phenolic OH excluding ortho intramolecular Hbond substituents is 1. The van der Waals surface area contributed by atoms with Gasteiger partial charge in [0.25, 0.3) is 0 Å². The third-order valence-corrected chi connectivity index (χ3v) is 5.15. The van der Waals surface area contributed by atoms with Crippen LogP contribution >= 0.6 is 15.9 Å². The largest absolute Gasteiger partial charge is 0.503 e. The zero-order valence-electron chi connectivity index (χ0n) is 12.3. The van der Waals surface area contributed by atoms with Gasteiger partial charge in [0, 0.05) is 19.1 Å². The predicted octanol–water partition coefficient (Wildman–Crippen LogP) is 3.31. The minimum absolute atomic E-state index is 0.166. The van der Waals surface area contributed by atoms with Gasteiger partial charge in [-0.25, -0.2) is 0 Å². The van der Waals surface area contributed by atoms with Crippen LogP contribution in [0.25, 0.3) is 0 Å². The minimum atomic E-state index is 0.166. The second kappa shape index (κ2) is 6.55. The zero-order chi connectivity index (χ0) is 14.8. The Balaban J connectivity index is 1.77. The Morgan fingerprint density at radius 2 is 2.19 bits per heavy atom. The molecule has 5 heteroatoms. The van der Waals surface area contributed by atoms with E-state index in [2.05, 4.69) is 20.8 Å². The summed E-state index contributed by atoms with van der Waals surface area (Å²) >= 11 is 3.40.